The van der Waals surface area contributed by atoms with Gasteiger partial charge in [0.1, 0.15) is 0 Å². The molecular weight excluding hydrogens is 258 g/mol. The fourth-order valence-electron chi connectivity index (χ4n) is 1.62. The summed E-state index contributed by atoms with van der Waals surface area (Å²) in [5.74, 6) is 2.45. The number of thioether (sulfide) groups is 1. The van der Waals surface area contributed by atoms with E-state index in [1.807, 2.05) is 25.2 Å². The summed E-state index contributed by atoms with van der Waals surface area (Å²) in [6, 6.07) is 10.7. The first-order valence-corrected chi connectivity index (χ1v) is 7.43. The number of hydrogen-bond donors (Lipinski definition) is 1. The SMILES string of the molecule is CNC(C)Cc1noc(CCSc2ccccc2)n1. The summed E-state index contributed by atoms with van der Waals surface area (Å²) >= 11 is 1.80. The molecule has 0 saturated carbocycles. The predicted octanol–water partition coefficient (Wildman–Crippen LogP) is 2.55. The minimum atomic E-state index is 0.365. The van der Waals surface area contributed by atoms with Crippen molar-refractivity contribution in [2.75, 3.05) is 12.8 Å². The topological polar surface area (TPSA) is 51.0 Å². The molecule has 0 bridgehead atoms. The molecule has 0 aliphatic heterocycles. The van der Waals surface area contributed by atoms with Crippen molar-refractivity contribution in [3.63, 3.8) is 0 Å². The molecule has 1 aromatic heterocycles. The molecular formula is C14H19N3OS. The number of nitrogens with zero attached hydrogens (tertiary/aromatic N) is 2. The molecule has 1 aromatic carbocycles. The van der Waals surface area contributed by atoms with Gasteiger partial charge in [-0.1, -0.05) is 23.4 Å². The average molecular weight is 277 g/mol. The van der Waals surface area contributed by atoms with Crippen LogP contribution in [0.25, 0.3) is 0 Å². The van der Waals surface area contributed by atoms with Gasteiger partial charge >= 0.3 is 0 Å². The third kappa shape index (κ3) is 4.69. The van der Waals surface area contributed by atoms with Gasteiger partial charge in [0.15, 0.2) is 5.82 Å². The summed E-state index contributed by atoms with van der Waals surface area (Å²) < 4.78 is 5.25. The normalized spacial score (nSPS) is 12.5. The van der Waals surface area contributed by atoms with Crippen molar-refractivity contribution in [2.45, 2.75) is 30.7 Å². The Hall–Kier alpha value is -1.33. The summed E-state index contributed by atoms with van der Waals surface area (Å²) in [5, 5.41) is 7.16. The first-order valence-electron chi connectivity index (χ1n) is 6.44. The molecule has 4 nitrogen and oxygen atoms in total. The Morgan fingerprint density at radius 2 is 2.11 bits per heavy atom. The summed E-state index contributed by atoms with van der Waals surface area (Å²) in [5.41, 5.74) is 0. The quantitative estimate of drug-likeness (QED) is 0.788. The van der Waals surface area contributed by atoms with Gasteiger partial charge in [0.25, 0.3) is 0 Å². The zero-order valence-corrected chi connectivity index (χ0v) is 12.1. The van der Waals surface area contributed by atoms with E-state index in [2.05, 4.69) is 34.5 Å². The molecule has 1 atom stereocenters. The Bertz CT molecular complexity index is 486. The average Bonchev–Trinajstić information content (AvgIpc) is 2.87. The molecule has 2 aromatic rings. The fourth-order valence-corrected chi connectivity index (χ4v) is 2.49. The van der Waals surface area contributed by atoms with Gasteiger partial charge < -0.3 is 9.84 Å². The summed E-state index contributed by atoms with van der Waals surface area (Å²) in [4.78, 5) is 5.67. The van der Waals surface area contributed by atoms with Crippen molar-refractivity contribution in [1.82, 2.24) is 15.5 Å². The van der Waals surface area contributed by atoms with Crippen LogP contribution in [0.3, 0.4) is 0 Å². The van der Waals surface area contributed by atoms with E-state index in [4.69, 9.17) is 4.52 Å². The molecule has 102 valence electrons. The number of benzene rings is 1. The van der Waals surface area contributed by atoms with E-state index in [1.54, 1.807) is 11.8 Å². The van der Waals surface area contributed by atoms with Gasteiger partial charge in [0.2, 0.25) is 5.89 Å². The highest BCUT2D eigenvalue weighted by molar-refractivity contribution is 7.99. The molecule has 0 fully saturated rings. The molecule has 5 heteroatoms. The highest BCUT2D eigenvalue weighted by atomic mass is 32.2. The first-order chi connectivity index (χ1) is 9.28. The van der Waals surface area contributed by atoms with Crippen molar-refractivity contribution >= 4 is 11.8 Å². The molecule has 19 heavy (non-hydrogen) atoms. The number of aryl methyl sites for hydroxylation is 1. The van der Waals surface area contributed by atoms with Crippen LogP contribution in [-0.4, -0.2) is 29.0 Å². The molecule has 1 heterocycles. The number of rotatable bonds is 7. The molecule has 0 saturated heterocycles. The Kier molecular flexibility index (Phi) is 5.42. The first kappa shape index (κ1) is 14.1. The second kappa shape index (κ2) is 7.31. The van der Waals surface area contributed by atoms with Crippen LogP contribution in [0.5, 0.6) is 0 Å². The molecule has 1 N–H and O–H groups in total. The highest BCUT2D eigenvalue weighted by Gasteiger charge is 2.09. The second-order valence-electron chi connectivity index (χ2n) is 4.41. The standard InChI is InChI=1S/C14H19N3OS/c1-11(15-2)10-13-16-14(18-17-13)8-9-19-12-6-4-3-5-7-12/h3-7,11,15H,8-10H2,1-2H3. The summed E-state index contributed by atoms with van der Waals surface area (Å²) in [6.45, 7) is 2.10. The van der Waals surface area contributed by atoms with E-state index >= 15 is 0 Å². The van der Waals surface area contributed by atoms with Gasteiger partial charge in [-0.15, -0.1) is 11.8 Å². The minimum Gasteiger partial charge on any atom is -0.339 e. The summed E-state index contributed by atoms with van der Waals surface area (Å²) in [7, 11) is 1.93. The van der Waals surface area contributed by atoms with Crippen LogP contribution < -0.4 is 5.32 Å². The van der Waals surface area contributed by atoms with Gasteiger partial charge in [-0.05, 0) is 26.1 Å². The third-order valence-electron chi connectivity index (χ3n) is 2.82. The molecule has 2 rings (SSSR count). The second-order valence-corrected chi connectivity index (χ2v) is 5.58. The minimum absolute atomic E-state index is 0.365. The van der Waals surface area contributed by atoms with Crippen molar-refractivity contribution in [3.8, 4) is 0 Å². The van der Waals surface area contributed by atoms with Gasteiger partial charge in [0.05, 0.1) is 0 Å². The van der Waals surface area contributed by atoms with Crippen LogP contribution in [-0.2, 0) is 12.8 Å². The lowest BCUT2D eigenvalue weighted by atomic mass is 10.2. The number of hydrogen-bond acceptors (Lipinski definition) is 5. The smallest absolute Gasteiger partial charge is 0.227 e. The lowest BCUT2D eigenvalue weighted by Crippen LogP contribution is -2.24. The van der Waals surface area contributed by atoms with Crippen molar-refractivity contribution in [1.29, 1.82) is 0 Å². The molecule has 0 spiro atoms. The maximum Gasteiger partial charge on any atom is 0.227 e. The Labute approximate surface area is 118 Å². The number of likely N-dealkylation sites (N-methyl/N-ethyl adjacent to an activating group) is 1. The van der Waals surface area contributed by atoms with Crippen LogP contribution in [0.15, 0.2) is 39.8 Å². The molecule has 0 amide bonds. The maximum atomic E-state index is 5.25. The number of nitrogens with one attached hydrogen (secondary N) is 1. The van der Waals surface area contributed by atoms with Crippen LogP contribution in [0.2, 0.25) is 0 Å². The van der Waals surface area contributed by atoms with Gasteiger partial charge in [-0.3, -0.25) is 0 Å². The molecule has 1 unspecified atom stereocenters. The highest BCUT2D eigenvalue weighted by Crippen LogP contribution is 2.18. The molecule has 0 aliphatic rings. The number of aromatic nitrogens is 2. The van der Waals surface area contributed by atoms with Crippen molar-refractivity contribution < 1.29 is 4.52 Å². The van der Waals surface area contributed by atoms with Gasteiger partial charge in [0, 0.05) is 29.5 Å². The summed E-state index contributed by atoms with van der Waals surface area (Å²) in [6.07, 6.45) is 1.60. The van der Waals surface area contributed by atoms with E-state index in [0.29, 0.717) is 6.04 Å². The van der Waals surface area contributed by atoms with E-state index < -0.39 is 0 Å². The fraction of sp³-hybridized carbons (Fsp3) is 0.429. The van der Waals surface area contributed by atoms with E-state index in [9.17, 15) is 0 Å². The molecule has 0 aliphatic carbocycles. The lowest BCUT2D eigenvalue weighted by Gasteiger charge is -2.04. The maximum absolute atomic E-state index is 5.25. The van der Waals surface area contributed by atoms with Crippen LogP contribution >= 0.6 is 11.8 Å². The van der Waals surface area contributed by atoms with E-state index in [0.717, 1.165) is 30.3 Å². The van der Waals surface area contributed by atoms with Gasteiger partial charge in [-0.25, -0.2) is 0 Å². The van der Waals surface area contributed by atoms with Crippen LogP contribution in [0.1, 0.15) is 18.6 Å². The largest absolute Gasteiger partial charge is 0.339 e. The zero-order chi connectivity index (χ0) is 13.5. The monoisotopic (exact) mass is 277 g/mol. The third-order valence-corrected chi connectivity index (χ3v) is 3.83. The van der Waals surface area contributed by atoms with Crippen LogP contribution in [0.4, 0.5) is 0 Å². The lowest BCUT2D eigenvalue weighted by molar-refractivity contribution is 0.375. The Morgan fingerprint density at radius 3 is 2.84 bits per heavy atom. The molecule has 0 radical (unpaired) electrons. The Morgan fingerprint density at radius 1 is 1.32 bits per heavy atom. The zero-order valence-electron chi connectivity index (χ0n) is 11.3. The predicted molar refractivity (Wildman–Crippen MR) is 77.4 cm³/mol. The van der Waals surface area contributed by atoms with Crippen LogP contribution in [0, 0.1) is 0 Å². The van der Waals surface area contributed by atoms with E-state index in [1.165, 1.54) is 4.90 Å². The van der Waals surface area contributed by atoms with Gasteiger partial charge in [-0.2, -0.15) is 4.98 Å². The van der Waals surface area contributed by atoms with E-state index in [-0.39, 0.29) is 0 Å². The Balaban J connectivity index is 1.77. The van der Waals surface area contributed by atoms with Crippen molar-refractivity contribution in [3.05, 3.63) is 42.0 Å². The van der Waals surface area contributed by atoms with Crippen molar-refractivity contribution in [2.24, 2.45) is 0 Å².